The molecule has 114 valence electrons. The zero-order chi connectivity index (χ0) is 15.0. The molecule has 1 aliphatic rings. The van der Waals surface area contributed by atoms with Crippen LogP contribution in [0.2, 0.25) is 30.8 Å². The molecule has 1 saturated carbocycles. The van der Waals surface area contributed by atoms with Crippen LogP contribution in [0.15, 0.2) is 18.5 Å². The van der Waals surface area contributed by atoms with E-state index in [9.17, 15) is 0 Å². The van der Waals surface area contributed by atoms with Crippen molar-refractivity contribution in [2.24, 2.45) is 0 Å². The second-order valence-electron chi connectivity index (χ2n) is 7.20. The largest absolute Gasteiger partial charge is 0.361 e. The lowest BCUT2D eigenvalue weighted by molar-refractivity contribution is 0.0901. The molecule has 2 aromatic heterocycles. The van der Waals surface area contributed by atoms with E-state index in [1.54, 1.807) is 0 Å². The molecule has 0 aromatic carbocycles. The van der Waals surface area contributed by atoms with Crippen LogP contribution >= 0.6 is 11.6 Å². The zero-order valence-corrected chi connectivity index (χ0v) is 14.8. The molecular weight excluding hydrogens is 300 g/mol. The van der Waals surface area contributed by atoms with Gasteiger partial charge in [-0.25, -0.2) is 4.98 Å². The summed E-state index contributed by atoms with van der Waals surface area (Å²) in [7, 11) is -1.03. The minimum atomic E-state index is -1.03. The average molecular weight is 323 g/mol. The second kappa shape index (κ2) is 5.74. The fourth-order valence-electron chi connectivity index (χ4n) is 2.55. The van der Waals surface area contributed by atoms with E-state index in [2.05, 4.69) is 35.4 Å². The third-order valence-electron chi connectivity index (χ3n) is 4.01. The highest BCUT2D eigenvalue weighted by Gasteiger charge is 2.27. The summed E-state index contributed by atoms with van der Waals surface area (Å²) in [5, 5.41) is 1.78. The first kappa shape index (κ1) is 15.1. The van der Waals surface area contributed by atoms with Crippen LogP contribution in [-0.4, -0.2) is 24.2 Å². The molecular formula is C16H23ClN2OSi. The van der Waals surface area contributed by atoms with Crippen LogP contribution in [0.1, 0.15) is 24.3 Å². The van der Waals surface area contributed by atoms with Crippen LogP contribution in [0.4, 0.5) is 0 Å². The average Bonchev–Trinajstić information content (AvgIpc) is 3.17. The third-order valence-corrected chi connectivity index (χ3v) is 5.92. The van der Waals surface area contributed by atoms with Crippen LogP contribution in [0.25, 0.3) is 10.9 Å². The van der Waals surface area contributed by atoms with Crippen LogP contribution in [0.3, 0.4) is 0 Å². The summed E-state index contributed by atoms with van der Waals surface area (Å²) in [5.74, 6) is 0.707. The van der Waals surface area contributed by atoms with Gasteiger partial charge in [0, 0.05) is 32.5 Å². The summed E-state index contributed by atoms with van der Waals surface area (Å²) in [4.78, 5) is 4.24. The van der Waals surface area contributed by atoms with Crippen molar-refractivity contribution in [2.75, 3.05) is 6.61 Å². The van der Waals surface area contributed by atoms with Crippen LogP contribution < -0.4 is 0 Å². The Morgan fingerprint density at radius 3 is 2.81 bits per heavy atom. The first-order valence-corrected chi connectivity index (χ1v) is 11.7. The number of pyridine rings is 1. The van der Waals surface area contributed by atoms with Crippen molar-refractivity contribution in [3.8, 4) is 0 Å². The fourth-order valence-corrected chi connectivity index (χ4v) is 3.46. The second-order valence-corrected chi connectivity index (χ2v) is 13.2. The van der Waals surface area contributed by atoms with Crippen molar-refractivity contribution >= 4 is 30.6 Å². The van der Waals surface area contributed by atoms with Crippen molar-refractivity contribution < 1.29 is 4.74 Å². The number of hydrogen-bond donors (Lipinski definition) is 0. The predicted molar refractivity (Wildman–Crippen MR) is 90.8 cm³/mol. The molecule has 0 spiro atoms. The normalized spacial score (nSPS) is 15.8. The number of aromatic nitrogens is 2. The Hall–Kier alpha value is -0.843. The molecule has 2 heterocycles. The van der Waals surface area contributed by atoms with Gasteiger partial charge >= 0.3 is 0 Å². The highest BCUT2D eigenvalue weighted by Crippen LogP contribution is 2.43. The lowest BCUT2D eigenvalue weighted by Gasteiger charge is -2.15. The topological polar surface area (TPSA) is 27.1 Å². The monoisotopic (exact) mass is 322 g/mol. The molecule has 0 radical (unpaired) electrons. The van der Waals surface area contributed by atoms with Gasteiger partial charge in [-0.3, -0.25) is 0 Å². The molecule has 2 aromatic rings. The van der Waals surface area contributed by atoms with Crippen LogP contribution in [0.5, 0.6) is 0 Å². The summed E-state index contributed by atoms with van der Waals surface area (Å²) in [6.07, 6.45) is 6.72. The maximum Gasteiger partial charge on any atom is 0.131 e. The Morgan fingerprint density at radius 1 is 1.38 bits per heavy atom. The zero-order valence-electron chi connectivity index (χ0n) is 13.0. The molecule has 0 amide bonds. The van der Waals surface area contributed by atoms with E-state index in [-0.39, 0.29) is 0 Å². The lowest BCUT2D eigenvalue weighted by Crippen LogP contribution is -2.21. The number of hydrogen-bond acceptors (Lipinski definition) is 2. The maximum absolute atomic E-state index is 6.06. The van der Waals surface area contributed by atoms with Crippen LogP contribution in [0, 0.1) is 0 Å². The van der Waals surface area contributed by atoms with Crippen LogP contribution in [-0.2, 0) is 11.5 Å². The first-order chi connectivity index (χ1) is 9.94. The molecule has 5 heteroatoms. The Balaban J connectivity index is 1.76. The van der Waals surface area contributed by atoms with Gasteiger partial charge in [-0.1, -0.05) is 31.2 Å². The van der Waals surface area contributed by atoms with E-state index >= 15 is 0 Å². The molecule has 0 atom stereocenters. The van der Waals surface area contributed by atoms with Crippen molar-refractivity contribution in [3.05, 3.63) is 29.2 Å². The number of nitrogens with zero attached hydrogens (tertiary/aromatic N) is 2. The van der Waals surface area contributed by atoms with E-state index in [0.29, 0.717) is 17.8 Å². The number of ether oxygens (including phenoxy) is 1. The Labute approximate surface area is 132 Å². The van der Waals surface area contributed by atoms with E-state index in [1.807, 2.05) is 12.3 Å². The van der Waals surface area contributed by atoms with Gasteiger partial charge < -0.3 is 9.30 Å². The summed E-state index contributed by atoms with van der Waals surface area (Å²) in [6.45, 7) is 8.56. The Bertz CT molecular complexity index is 643. The molecule has 0 unspecified atom stereocenters. The molecule has 3 nitrogen and oxygen atoms in total. The minimum Gasteiger partial charge on any atom is -0.361 e. The highest BCUT2D eigenvalue weighted by molar-refractivity contribution is 6.76. The van der Waals surface area contributed by atoms with Gasteiger partial charge in [0.05, 0.1) is 5.52 Å². The summed E-state index contributed by atoms with van der Waals surface area (Å²) in [6, 6.07) is 3.15. The molecule has 0 aliphatic heterocycles. The SMILES string of the molecule is C[Si](C)(C)CCOCn1cc(C2CC2)c2cnc(Cl)cc21. The van der Waals surface area contributed by atoms with Gasteiger partial charge in [-0.15, -0.1) is 0 Å². The highest BCUT2D eigenvalue weighted by atomic mass is 35.5. The summed E-state index contributed by atoms with van der Waals surface area (Å²) >= 11 is 6.06. The molecule has 0 saturated heterocycles. The Morgan fingerprint density at radius 2 is 2.14 bits per heavy atom. The molecule has 21 heavy (non-hydrogen) atoms. The number of rotatable bonds is 6. The fraction of sp³-hybridized carbons (Fsp3) is 0.562. The standard InChI is InChI=1S/C16H23ClN2OSi/c1-21(2,3)7-6-20-11-19-10-14(12-4-5-12)13-9-18-16(17)8-15(13)19/h8-10,12H,4-7,11H2,1-3H3. The van der Waals surface area contributed by atoms with E-state index in [0.717, 1.165) is 12.1 Å². The smallest absolute Gasteiger partial charge is 0.131 e. The van der Waals surface area contributed by atoms with Gasteiger partial charge in [0.25, 0.3) is 0 Å². The third kappa shape index (κ3) is 3.68. The number of fused-ring (bicyclic) bond motifs is 1. The molecule has 1 fully saturated rings. The minimum absolute atomic E-state index is 0.547. The van der Waals surface area contributed by atoms with E-state index < -0.39 is 8.07 Å². The van der Waals surface area contributed by atoms with Gasteiger partial charge in [-0.05, 0) is 36.4 Å². The lowest BCUT2D eigenvalue weighted by atomic mass is 10.1. The molecule has 3 rings (SSSR count). The van der Waals surface area contributed by atoms with Gasteiger partial charge in [0.1, 0.15) is 11.9 Å². The van der Waals surface area contributed by atoms with Gasteiger partial charge in [-0.2, -0.15) is 0 Å². The van der Waals surface area contributed by atoms with Crippen molar-refractivity contribution in [2.45, 2.75) is 51.2 Å². The van der Waals surface area contributed by atoms with Crippen molar-refractivity contribution in [3.63, 3.8) is 0 Å². The maximum atomic E-state index is 6.06. The van der Waals surface area contributed by atoms with Crippen molar-refractivity contribution in [1.82, 2.24) is 9.55 Å². The molecule has 0 bridgehead atoms. The van der Waals surface area contributed by atoms with Gasteiger partial charge in [0.15, 0.2) is 0 Å². The van der Waals surface area contributed by atoms with Crippen molar-refractivity contribution in [1.29, 1.82) is 0 Å². The summed E-state index contributed by atoms with van der Waals surface area (Å²) < 4.78 is 8.07. The number of halogens is 1. The molecule has 0 N–H and O–H groups in total. The molecule has 1 aliphatic carbocycles. The summed E-state index contributed by atoms with van der Waals surface area (Å²) in [5.41, 5.74) is 2.55. The van der Waals surface area contributed by atoms with E-state index in [4.69, 9.17) is 16.3 Å². The predicted octanol–water partition coefficient (Wildman–Crippen LogP) is 4.88. The Kier molecular flexibility index (Phi) is 4.12. The van der Waals surface area contributed by atoms with E-state index in [1.165, 1.54) is 29.8 Å². The van der Waals surface area contributed by atoms with Gasteiger partial charge in [0.2, 0.25) is 0 Å². The quantitative estimate of drug-likeness (QED) is 0.430. The first-order valence-electron chi connectivity index (χ1n) is 7.66.